The van der Waals surface area contributed by atoms with Crippen molar-refractivity contribution in [2.24, 2.45) is 0 Å². The van der Waals surface area contributed by atoms with Gasteiger partial charge >= 0.3 is 0 Å². The van der Waals surface area contributed by atoms with E-state index in [1.165, 1.54) is 3.97 Å². The Kier molecular flexibility index (Phi) is 4.25. The van der Waals surface area contributed by atoms with Gasteiger partial charge in [0.2, 0.25) is 0 Å². The number of hydrogen-bond acceptors (Lipinski definition) is 4. The predicted octanol–water partition coefficient (Wildman–Crippen LogP) is 3.06. The predicted molar refractivity (Wildman–Crippen MR) is 105 cm³/mol. The highest BCUT2D eigenvalue weighted by molar-refractivity contribution is 7.90. The third kappa shape index (κ3) is 2.70. The molecule has 1 aromatic heterocycles. The molecule has 0 amide bonds. The maximum Gasteiger partial charge on any atom is 0.268 e. The Bertz CT molecular complexity index is 1020. The van der Waals surface area contributed by atoms with E-state index in [2.05, 4.69) is 30.1 Å². The lowest BCUT2D eigenvalue weighted by Crippen LogP contribution is -2.55. The minimum atomic E-state index is -3.61. The van der Waals surface area contributed by atoms with Crippen LogP contribution < -0.4 is 10.2 Å². The first-order valence-electron chi connectivity index (χ1n) is 8.90. The van der Waals surface area contributed by atoms with Crippen molar-refractivity contribution in [3.05, 3.63) is 60.8 Å². The fourth-order valence-corrected chi connectivity index (χ4v) is 5.24. The van der Waals surface area contributed by atoms with Crippen molar-refractivity contribution in [2.45, 2.75) is 30.8 Å². The van der Waals surface area contributed by atoms with Gasteiger partial charge in [-0.25, -0.2) is 12.4 Å². The van der Waals surface area contributed by atoms with E-state index in [0.29, 0.717) is 22.5 Å². The van der Waals surface area contributed by atoms with Crippen LogP contribution in [0.4, 0.5) is 5.69 Å². The van der Waals surface area contributed by atoms with E-state index in [-0.39, 0.29) is 0 Å². The smallest absolute Gasteiger partial charge is 0.268 e. The molecular formula is C20H23N3O2S. The maximum absolute atomic E-state index is 13.1. The quantitative estimate of drug-likeness (QED) is 0.771. The van der Waals surface area contributed by atoms with Crippen LogP contribution in [0.5, 0.6) is 0 Å². The number of fused-ring (bicyclic) bond motifs is 1. The minimum absolute atomic E-state index is 0.298. The molecule has 0 saturated carbocycles. The summed E-state index contributed by atoms with van der Waals surface area (Å²) >= 11 is 0. The third-order valence-corrected chi connectivity index (χ3v) is 6.79. The van der Waals surface area contributed by atoms with Gasteiger partial charge in [0, 0.05) is 42.4 Å². The molecule has 2 atom stereocenters. The van der Waals surface area contributed by atoms with Gasteiger partial charge in [-0.15, -0.1) is 0 Å². The Morgan fingerprint density at radius 3 is 2.31 bits per heavy atom. The number of nitrogens with zero attached hydrogens (tertiary/aromatic N) is 2. The topological polar surface area (TPSA) is 54.3 Å². The van der Waals surface area contributed by atoms with Crippen LogP contribution in [0.1, 0.15) is 13.8 Å². The SMILES string of the molecule is CC1CNCC(C)N1c1cccc2c1ccn2S(=O)(=O)c1ccccc1. The van der Waals surface area contributed by atoms with Crippen LogP contribution in [0.3, 0.4) is 0 Å². The number of aromatic nitrogens is 1. The average Bonchev–Trinajstić information content (AvgIpc) is 3.08. The van der Waals surface area contributed by atoms with Crippen molar-refractivity contribution in [1.29, 1.82) is 0 Å². The van der Waals surface area contributed by atoms with E-state index in [1.54, 1.807) is 30.5 Å². The molecule has 0 radical (unpaired) electrons. The molecule has 1 aliphatic rings. The number of rotatable bonds is 3. The first-order valence-corrected chi connectivity index (χ1v) is 10.3. The Morgan fingerprint density at radius 2 is 1.62 bits per heavy atom. The minimum Gasteiger partial charge on any atom is -0.363 e. The Balaban J connectivity index is 1.86. The van der Waals surface area contributed by atoms with Crippen molar-refractivity contribution >= 4 is 26.6 Å². The van der Waals surface area contributed by atoms with Gasteiger partial charge in [0.25, 0.3) is 10.0 Å². The van der Waals surface area contributed by atoms with Crippen LogP contribution in [0.15, 0.2) is 65.7 Å². The van der Waals surface area contributed by atoms with E-state index in [9.17, 15) is 8.42 Å². The van der Waals surface area contributed by atoms with Crippen LogP contribution in [0.2, 0.25) is 0 Å². The number of benzene rings is 2. The van der Waals surface area contributed by atoms with E-state index >= 15 is 0 Å². The van der Waals surface area contributed by atoms with Crippen molar-refractivity contribution in [3.63, 3.8) is 0 Å². The second-order valence-corrected chi connectivity index (χ2v) is 8.72. The molecule has 5 nitrogen and oxygen atoms in total. The Labute approximate surface area is 154 Å². The lowest BCUT2D eigenvalue weighted by molar-refractivity contribution is 0.433. The Morgan fingerprint density at radius 1 is 0.923 bits per heavy atom. The molecular weight excluding hydrogens is 346 g/mol. The van der Waals surface area contributed by atoms with Gasteiger partial charge in [-0.05, 0) is 44.2 Å². The lowest BCUT2D eigenvalue weighted by atomic mass is 10.1. The van der Waals surface area contributed by atoms with Crippen LogP contribution in [0.25, 0.3) is 10.9 Å². The van der Waals surface area contributed by atoms with Crippen molar-refractivity contribution in [1.82, 2.24) is 9.29 Å². The summed E-state index contributed by atoms with van der Waals surface area (Å²) in [5, 5.41) is 4.41. The van der Waals surface area contributed by atoms with Crippen molar-refractivity contribution < 1.29 is 8.42 Å². The summed E-state index contributed by atoms with van der Waals surface area (Å²) in [6, 6.07) is 17.1. The molecule has 26 heavy (non-hydrogen) atoms. The van der Waals surface area contributed by atoms with Gasteiger partial charge in [0.1, 0.15) is 0 Å². The first kappa shape index (κ1) is 17.1. The van der Waals surface area contributed by atoms with E-state index < -0.39 is 10.0 Å². The summed E-state index contributed by atoms with van der Waals surface area (Å²) < 4.78 is 27.5. The normalized spacial score (nSPS) is 21.2. The fourth-order valence-electron chi connectivity index (χ4n) is 3.87. The maximum atomic E-state index is 13.1. The Hall–Kier alpha value is -2.31. The largest absolute Gasteiger partial charge is 0.363 e. The van der Waals surface area contributed by atoms with Gasteiger partial charge < -0.3 is 10.2 Å². The van der Waals surface area contributed by atoms with Gasteiger partial charge in [0.15, 0.2) is 0 Å². The van der Waals surface area contributed by atoms with Crippen molar-refractivity contribution in [3.8, 4) is 0 Å². The fraction of sp³-hybridized carbons (Fsp3) is 0.300. The molecule has 4 rings (SSSR count). The van der Waals surface area contributed by atoms with Crippen molar-refractivity contribution in [2.75, 3.05) is 18.0 Å². The van der Waals surface area contributed by atoms with E-state index in [0.717, 1.165) is 24.2 Å². The molecule has 2 heterocycles. The summed E-state index contributed by atoms with van der Waals surface area (Å²) in [6.45, 7) is 6.23. The number of hydrogen-bond donors (Lipinski definition) is 1. The molecule has 1 saturated heterocycles. The molecule has 6 heteroatoms. The van der Waals surface area contributed by atoms with Gasteiger partial charge in [0.05, 0.1) is 10.4 Å². The molecule has 136 valence electrons. The molecule has 1 aliphatic heterocycles. The summed E-state index contributed by atoms with van der Waals surface area (Å²) in [6.07, 6.45) is 1.66. The van der Waals surface area contributed by atoms with Gasteiger partial charge in [-0.1, -0.05) is 24.3 Å². The van der Waals surface area contributed by atoms with E-state index in [1.807, 2.05) is 24.3 Å². The number of nitrogens with one attached hydrogen (secondary N) is 1. The standard InChI is InChI=1S/C20H23N3O2S/c1-15-13-21-14-16(2)23(15)20-10-6-9-19-18(20)11-12-22(19)26(24,25)17-7-4-3-5-8-17/h3-12,15-16,21H,13-14H2,1-2H3. The van der Waals surface area contributed by atoms with E-state index in [4.69, 9.17) is 0 Å². The highest BCUT2D eigenvalue weighted by atomic mass is 32.2. The molecule has 0 spiro atoms. The van der Waals surface area contributed by atoms with Crippen LogP contribution in [0, 0.1) is 0 Å². The van der Waals surface area contributed by atoms with Crippen LogP contribution in [-0.2, 0) is 10.0 Å². The zero-order valence-electron chi connectivity index (χ0n) is 15.0. The number of anilines is 1. The summed E-state index contributed by atoms with van der Waals surface area (Å²) in [5.74, 6) is 0. The van der Waals surface area contributed by atoms with Gasteiger partial charge in [-0.2, -0.15) is 0 Å². The summed E-state index contributed by atoms with van der Waals surface area (Å²) in [4.78, 5) is 2.69. The second kappa shape index (κ2) is 6.45. The molecule has 1 N–H and O–H groups in total. The van der Waals surface area contributed by atoms with Crippen LogP contribution in [-0.4, -0.2) is 37.6 Å². The molecule has 0 bridgehead atoms. The number of piperazine rings is 1. The average molecular weight is 369 g/mol. The molecule has 0 aliphatic carbocycles. The van der Waals surface area contributed by atoms with Crippen LogP contribution >= 0.6 is 0 Å². The zero-order chi connectivity index (χ0) is 18.3. The zero-order valence-corrected chi connectivity index (χ0v) is 15.8. The monoisotopic (exact) mass is 369 g/mol. The second-order valence-electron chi connectivity index (χ2n) is 6.90. The third-order valence-electron chi connectivity index (χ3n) is 5.08. The lowest BCUT2D eigenvalue weighted by Gasteiger charge is -2.41. The summed E-state index contributed by atoms with van der Waals surface area (Å²) in [5.41, 5.74) is 1.80. The molecule has 2 aromatic carbocycles. The summed E-state index contributed by atoms with van der Waals surface area (Å²) in [7, 11) is -3.61. The molecule has 1 fully saturated rings. The molecule has 3 aromatic rings. The van der Waals surface area contributed by atoms with Gasteiger partial charge in [-0.3, -0.25) is 0 Å². The molecule has 2 unspecified atom stereocenters. The first-order chi connectivity index (χ1) is 12.5. The highest BCUT2D eigenvalue weighted by Crippen LogP contribution is 2.33. The highest BCUT2D eigenvalue weighted by Gasteiger charge is 2.27.